The molecule has 0 bridgehead atoms. The van der Waals surface area contributed by atoms with E-state index in [1.54, 1.807) is 25.2 Å². The maximum absolute atomic E-state index is 12.6. The molecule has 2 rings (SSSR count). The molecular weight excluding hydrogens is 320 g/mol. The van der Waals surface area contributed by atoms with Crippen LogP contribution in [0.1, 0.15) is 5.56 Å². The summed E-state index contributed by atoms with van der Waals surface area (Å²) in [6, 6.07) is 14.2. The van der Waals surface area contributed by atoms with Crippen LogP contribution in [0.5, 0.6) is 0 Å². The Kier molecular flexibility index (Phi) is 5.11. The summed E-state index contributed by atoms with van der Waals surface area (Å²) in [6.07, 6.45) is 0. The van der Waals surface area contributed by atoms with Crippen molar-refractivity contribution >= 4 is 27.3 Å². The molecule has 0 spiro atoms. The quantitative estimate of drug-likeness (QED) is 0.840. The minimum absolute atomic E-state index is 0.129. The molecule has 0 aliphatic heterocycles. The second kappa shape index (κ2) is 6.69. The van der Waals surface area contributed by atoms with Crippen LogP contribution >= 0.6 is 11.6 Å². The first-order chi connectivity index (χ1) is 10.3. The molecule has 6 heteroatoms. The van der Waals surface area contributed by atoms with Gasteiger partial charge in [0.25, 0.3) is 0 Å². The van der Waals surface area contributed by atoms with Crippen LogP contribution in [0, 0.1) is 0 Å². The second-order valence-corrected chi connectivity index (χ2v) is 7.67. The Bertz CT molecular complexity index is 743. The van der Waals surface area contributed by atoms with E-state index < -0.39 is 10.0 Å². The highest BCUT2D eigenvalue weighted by atomic mass is 35.5. The van der Waals surface area contributed by atoms with Crippen LogP contribution in [0.15, 0.2) is 53.4 Å². The van der Waals surface area contributed by atoms with E-state index in [4.69, 9.17) is 11.6 Å². The zero-order valence-electron chi connectivity index (χ0n) is 12.8. The minimum atomic E-state index is -3.60. The van der Waals surface area contributed by atoms with Crippen molar-refractivity contribution < 1.29 is 8.42 Å². The maximum Gasteiger partial charge on any atom is 0.244 e. The van der Waals surface area contributed by atoms with Gasteiger partial charge in [0.15, 0.2) is 0 Å². The molecule has 0 radical (unpaired) electrons. The number of benzene rings is 2. The predicted molar refractivity (Wildman–Crippen MR) is 90.9 cm³/mol. The molecule has 0 heterocycles. The normalized spacial score (nSPS) is 11.7. The predicted octanol–water partition coefficient (Wildman–Crippen LogP) is 3.23. The Morgan fingerprint density at radius 3 is 2.09 bits per heavy atom. The SMILES string of the molecule is CN(C)c1ccc(CN(C)S(=O)(=O)c2ccccc2Cl)cc1. The standard InChI is InChI=1S/C16H19ClN2O2S/c1-18(2)14-10-8-13(9-11-14)12-19(3)22(20,21)16-7-5-4-6-15(16)17/h4-11H,12H2,1-3H3. The Hall–Kier alpha value is -1.56. The van der Waals surface area contributed by atoms with Crippen LogP contribution in [0.2, 0.25) is 5.02 Å². The van der Waals surface area contributed by atoms with Gasteiger partial charge in [-0.2, -0.15) is 4.31 Å². The van der Waals surface area contributed by atoms with E-state index in [2.05, 4.69) is 0 Å². The first kappa shape index (κ1) is 16.8. The van der Waals surface area contributed by atoms with Gasteiger partial charge in [-0.1, -0.05) is 35.9 Å². The highest BCUT2D eigenvalue weighted by Gasteiger charge is 2.23. The summed E-state index contributed by atoms with van der Waals surface area (Å²) in [5.41, 5.74) is 1.99. The lowest BCUT2D eigenvalue weighted by molar-refractivity contribution is 0.467. The average Bonchev–Trinajstić information content (AvgIpc) is 2.48. The molecule has 0 aromatic heterocycles. The van der Waals surface area contributed by atoms with Crippen molar-refractivity contribution in [2.24, 2.45) is 0 Å². The fraction of sp³-hybridized carbons (Fsp3) is 0.250. The lowest BCUT2D eigenvalue weighted by atomic mass is 10.2. The molecule has 0 saturated carbocycles. The van der Waals surface area contributed by atoms with E-state index in [0.29, 0.717) is 6.54 Å². The molecular formula is C16H19ClN2O2S. The third-order valence-corrected chi connectivity index (χ3v) is 5.69. The number of anilines is 1. The van der Waals surface area contributed by atoms with Crippen molar-refractivity contribution in [3.05, 3.63) is 59.1 Å². The molecule has 0 saturated heterocycles. The first-order valence-electron chi connectivity index (χ1n) is 6.79. The average molecular weight is 339 g/mol. The molecule has 0 aliphatic rings. The van der Waals surface area contributed by atoms with E-state index in [9.17, 15) is 8.42 Å². The van der Waals surface area contributed by atoms with Crippen molar-refractivity contribution in [2.75, 3.05) is 26.0 Å². The van der Waals surface area contributed by atoms with Gasteiger partial charge in [0.1, 0.15) is 4.90 Å². The van der Waals surface area contributed by atoms with E-state index >= 15 is 0 Å². The second-order valence-electron chi connectivity index (χ2n) is 5.25. The van der Waals surface area contributed by atoms with Gasteiger partial charge < -0.3 is 4.90 Å². The molecule has 0 atom stereocenters. The number of nitrogens with zero attached hydrogens (tertiary/aromatic N) is 2. The Labute approximate surface area is 137 Å². The molecule has 118 valence electrons. The van der Waals surface area contributed by atoms with Crippen molar-refractivity contribution in [1.82, 2.24) is 4.31 Å². The molecule has 22 heavy (non-hydrogen) atoms. The lowest BCUT2D eigenvalue weighted by Crippen LogP contribution is -2.26. The fourth-order valence-corrected chi connectivity index (χ4v) is 3.71. The zero-order valence-corrected chi connectivity index (χ0v) is 14.4. The number of rotatable bonds is 5. The highest BCUT2D eigenvalue weighted by Crippen LogP contribution is 2.24. The van der Waals surface area contributed by atoms with E-state index in [1.807, 2.05) is 43.3 Å². The van der Waals surface area contributed by atoms with Gasteiger partial charge in [0, 0.05) is 33.4 Å². The van der Waals surface area contributed by atoms with Crippen molar-refractivity contribution in [3.8, 4) is 0 Å². The van der Waals surface area contributed by atoms with Gasteiger partial charge in [-0.15, -0.1) is 0 Å². The first-order valence-corrected chi connectivity index (χ1v) is 8.61. The molecule has 0 fully saturated rings. The molecule has 4 nitrogen and oxygen atoms in total. The largest absolute Gasteiger partial charge is 0.378 e. The van der Waals surface area contributed by atoms with Gasteiger partial charge in [-0.25, -0.2) is 8.42 Å². The molecule has 0 N–H and O–H groups in total. The van der Waals surface area contributed by atoms with Gasteiger partial charge in [0.05, 0.1) is 5.02 Å². The van der Waals surface area contributed by atoms with Crippen LogP contribution in [0.4, 0.5) is 5.69 Å². The van der Waals surface area contributed by atoms with Gasteiger partial charge >= 0.3 is 0 Å². The molecule has 0 amide bonds. The van der Waals surface area contributed by atoms with Gasteiger partial charge in [-0.05, 0) is 29.8 Å². The summed E-state index contributed by atoms with van der Waals surface area (Å²) >= 11 is 6.00. The van der Waals surface area contributed by atoms with Crippen molar-refractivity contribution in [3.63, 3.8) is 0 Å². The number of halogens is 1. The monoisotopic (exact) mass is 338 g/mol. The number of hydrogen-bond donors (Lipinski definition) is 0. The number of hydrogen-bond acceptors (Lipinski definition) is 3. The van der Waals surface area contributed by atoms with Gasteiger partial charge in [0.2, 0.25) is 10.0 Å². The Morgan fingerprint density at radius 1 is 0.955 bits per heavy atom. The summed E-state index contributed by atoms with van der Waals surface area (Å²) in [4.78, 5) is 2.12. The molecule has 2 aromatic carbocycles. The van der Waals surface area contributed by atoms with Crippen LogP contribution in [-0.4, -0.2) is 33.9 Å². The topological polar surface area (TPSA) is 40.6 Å². The third kappa shape index (κ3) is 3.61. The lowest BCUT2D eigenvalue weighted by Gasteiger charge is -2.19. The van der Waals surface area contributed by atoms with E-state index in [1.165, 1.54) is 10.4 Å². The third-order valence-electron chi connectivity index (χ3n) is 3.38. The summed E-state index contributed by atoms with van der Waals surface area (Å²) in [7, 11) is 1.87. The molecule has 0 unspecified atom stereocenters. The fourth-order valence-electron chi connectivity index (χ4n) is 2.06. The summed E-state index contributed by atoms with van der Waals surface area (Å²) in [5, 5.41) is 0.234. The van der Waals surface area contributed by atoms with Crippen molar-refractivity contribution in [1.29, 1.82) is 0 Å². The summed E-state index contributed by atoms with van der Waals surface area (Å²) < 4.78 is 26.4. The van der Waals surface area contributed by atoms with Crippen molar-refractivity contribution in [2.45, 2.75) is 11.4 Å². The van der Waals surface area contributed by atoms with Crippen LogP contribution in [0.25, 0.3) is 0 Å². The molecule has 0 aliphatic carbocycles. The Morgan fingerprint density at radius 2 is 1.55 bits per heavy atom. The number of sulfonamides is 1. The van der Waals surface area contributed by atoms with E-state index in [-0.39, 0.29) is 9.92 Å². The zero-order chi connectivity index (χ0) is 16.3. The summed E-state index contributed by atoms with van der Waals surface area (Å²) in [6.45, 7) is 0.293. The summed E-state index contributed by atoms with van der Waals surface area (Å²) in [5.74, 6) is 0. The Balaban J connectivity index is 2.21. The smallest absolute Gasteiger partial charge is 0.244 e. The van der Waals surface area contributed by atoms with Gasteiger partial charge in [-0.3, -0.25) is 0 Å². The van der Waals surface area contributed by atoms with Crippen LogP contribution in [-0.2, 0) is 16.6 Å². The van der Waals surface area contributed by atoms with E-state index in [0.717, 1.165) is 11.3 Å². The van der Waals surface area contributed by atoms with Crippen LogP contribution in [0.3, 0.4) is 0 Å². The minimum Gasteiger partial charge on any atom is -0.378 e. The van der Waals surface area contributed by atoms with Crippen LogP contribution < -0.4 is 4.90 Å². The highest BCUT2D eigenvalue weighted by molar-refractivity contribution is 7.89. The maximum atomic E-state index is 12.6. The molecule has 2 aromatic rings.